The van der Waals surface area contributed by atoms with Crippen LogP contribution in [0.25, 0.3) is 0 Å². The van der Waals surface area contributed by atoms with Gasteiger partial charge < -0.3 is 16.0 Å². The number of likely N-dealkylation sites (tertiary alicyclic amines) is 1. The first kappa shape index (κ1) is 15.2. The number of amides is 1. The Hall–Kier alpha value is -2.22. The lowest BCUT2D eigenvalue weighted by molar-refractivity contribution is -0.385. The van der Waals surface area contributed by atoms with Gasteiger partial charge in [0.2, 0.25) is 0 Å². The molecule has 0 saturated carbocycles. The van der Waals surface area contributed by atoms with Gasteiger partial charge in [0.1, 0.15) is 12.0 Å². The molecule has 3 N–H and O–H groups in total. The third-order valence-corrected chi connectivity index (χ3v) is 3.78. The number of nitrogens with zero attached hydrogens (tertiary/aromatic N) is 3. The van der Waals surface area contributed by atoms with Crippen molar-refractivity contribution in [3.63, 3.8) is 0 Å². The predicted octanol–water partition coefficient (Wildman–Crippen LogP) is 0.786. The molecule has 1 aromatic heterocycles. The fraction of sp³-hybridized carbons (Fsp3) is 0.538. The molecule has 1 aliphatic rings. The van der Waals surface area contributed by atoms with Crippen LogP contribution in [0.5, 0.6) is 0 Å². The minimum absolute atomic E-state index is 0.00454. The summed E-state index contributed by atoms with van der Waals surface area (Å²) in [6, 6.07) is 1.44. The largest absolute Gasteiger partial charge is 0.383 e. The molecule has 0 aliphatic carbocycles. The number of carbonyl (C=O) groups is 1. The van der Waals surface area contributed by atoms with Crippen LogP contribution < -0.4 is 11.1 Å². The van der Waals surface area contributed by atoms with Crippen molar-refractivity contribution in [2.45, 2.75) is 25.3 Å². The number of hydrogen-bond donors (Lipinski definition) is 2. The zero-order valence-corrected chi connectivity index (χ0v) is 11.9. The number of likely N-dealkylation sites (N-methyl/N-ethyl adjacent to an activating group) is 1. The summed E-state index contributed by atoms with van der Waals surface area (Å²) in [7, 11) is 2.03. The highest BCUT2D eigenvalue weighted by atomic mass is 16.6. The van der Waals surface area contributed by atoms with Crippen molar-refractivity contribution < 1.29 is 9.72 Å². The number of carbonyl (C=O) groups excluding carboxylic acids is 1. The maximum Gasteiger partial charge on any atom is 0.288 e. The molecule has 1 aliphatic heterocycles. The first-order valence-corrected chi connectivity index (χ1v) is 6.87. The number of nitrogens with one attached hydrogen (secondary N) is 1. The van der Waals surface area contributed by atoms with Crippen molar-refractivity contribution in [2.75, 3.05) is 25.9 Å². The third kappa shape index (κ3) is 3.66. The second-order valence-electron chi connectivity index (χ2n) is 5.22. The van der Waals surface area contributed by atoms with E-state index in [-0.39, 0.29) is 23.1 Å². The van der Waals surface area contributed by atoms with E-state index in [4.69, 9.17) is 5.73 Å². The van der Waals surface area contributed by atoms with Gasteiger partial charge in [-0.15, -0.1) is 0 Å². The normalized spacial score (nSPS) is 19.2. The average Bonchev–Trinajstić information content (AvgIpc) is 2.46. The van der Waals surface area contributed by atoms with Gasteiger partial charge in [0, 0.05) is 18.7 Å². The first-order chi connectivity index (χ1) is 9.99. The second-order valence-corrected chi connectivity index (χ2v) is 5.22. The van der Waals surface area contributed by atoms with Crippen LogP contribution in [0.3, 0.4) is 0 Å². The summed E-state index contributed by atoms with van der Waals surface area (Å²) in [5.74, 6) is -0.433. The molecule has 1 fully saturated rings. The van der Waals surface area contributed by atoms with Crippen LogP contribution in [-0.4, -0.2) is 46.9 Å². The fourth-order valence-corrected chi connectivity index (χ4v) is 2.45. The quantitative estimate of drug-likeness (QED) is 0.626. The second kappa shape index (κ2) is 6.49. The molecule has 0 aromatic carbocycles. The number of aromatic nitrogens is 1. The number of rotatable bonds is 4. The predicted molar refractivity (Wildman–Crippen MR) is 77.9 cm³/mol. The monoisotopic (exact) mass is 293 g/mol. The van der Waals surface area contributed by atoms with Gasteiger partial charge in [-0.25, -0.2) is 4.98 Å². The molecule has 114 valence electrons. The summed E-state index contributed by atoms with van der Waals surface area (Å²) in [6.45, 7) is 1.51. The Morgan fingerprint density at radius 2 is 2.38 bits per heavy atom. The molecule has 2 heterocycles. The van der Waals surface area contributed by atoms with E-state index in [1.54, 1.807) is 0 Å². The molecule has 21 heavy (non-hydrogen) atoms. The minimum atomic E-state index is -0.599. The van der Waals surface area contributed by atoms with Gasteiger partial charge in [0.25, 0.3) is 11.6 Å². The molecule has 2 rings (SSSR count). The highest BCUT2D eigenvalue weighted by molar-refractivity contribution is 5.98. The van der Waals surface area contributed by atoms with E-state index in [0.717, 1.165) is 31.6 Å². The number of anilines is 1. The molecule has 1 atom stereocenters. The molecule has 8 heteroatoms. The Morgan fingerprint density at radius 1 is 1.62 bits per heavy atom. The van der Waals surface area contributed by atoms with Crippen LogP contribution in [0.1, 0.15) is 29.6 Å². The molecule has 1 unspecified atom stereocenters. The molecule has 0 bridgehead atoms. The van der Waals surface area contributed by atoms with Gasteiger partial charge in [0.05, 0.1) is 10.5 Å². The van der Waals surface area contributed by atoms with E-state index < -0.39 is 10.8 Å². The minimum Gasteiger partial charge on any atom is -0.383 e. The number of nitrogen functional groups attached to an aromatic ring is 1. The van der Waals surface area contributed by atoms with Crippen LogP contribution in [0, 0.1) is 10.1 Å². The molecule has 8 nitrogen and oxygen atoms in total. The zero-order valence-electron chi connectivity index (χ0n) is 11.9. The Balaban J connectivity index is 2.02. The van der Waals surface area contributed by atoms with Gasteiger partial charge in [-0.1, -0.05) is 6.42 Å². The summed E-state index contributed by atoms with van der Waals surface area (Å²) in [6.07, 6.45) is 4.38. The third-order valence-electron chi connectivity index (χ3n) is 3.78. The number of pyridine rings is 1. The Morgan fingerprint density at radius 3 is 3.05 bits per heavy atom. The Kier molecular flexibility index (Phi) is 4.69. The lowest BCUT2D eigenvalue weighted by Gasteiger charge is -2.32. The standard InChI is InChI=1S/C13H19N5O3/c1-17-5-3-2-4-9(17)7-16-13(19)11-6-10(18(20)21)8-15-12(11)14/h6,8-9H,2-5,7H2,1H3,(H2,14,15)(H,16,19). The van der Waals surface area contributed by atoms with Crippen molar-refractivity contribution in [3.05, 3.63) is 27.9 Å². The van der Waals surface area contributed by atoms with Gasteiger partial charge in [-0.05, 0) is 26.4 Å². The first-order valence-electron chi connectivity index (χ1n) is 6.87. The maximum atomic E-state index is 12.1. The number of nitro groups is 1. The van der Waals surface area contributed by atoms with Gasteiger partial charge in [0.15, 0.2) is 0 Å². The fourth-order valence-electron chi connectivity index (χ4n) is 2.45. The summed E-state index contributed by atoms with van der Waals surface area (Å²) >= 11 is 0. The summed E-state index contributed by atoms with van der Waals surface area (Å²) < 4.78 is 0. The van der Waals surface area contributed by atoms with E-state index in [1.807, 2.05) is 7.05 Å². The molecule has 1 aromatic rings. The summed E-state index contributed by atoms with van der Waals surface area (Å²) in [5, 5.41) is 13.5. The van der Waals surface area contributed by atoms with Crippen molar-refractivity contribution >= 4 is 17.4 Å². The highest BCUT2D eigenvalue weighted by Crippen LogP contribution is 2.17. The van der Waals surface area contributed by atoms with Crippen molar-refractivity contribution in [2.24, 2.45) is 0 Å². The smallest absolute Gasteiger partial charge is 0.288 e. The average molecular weight is 293 g/mol. The Labute approximate surface area is 122 Å². The number of hydrogen-bond acceptors (Lipinski definition) is 6. The summed E-state index contributed by atoms with van der Waals surface area (Å²) in [5.41, 5.74) is 5.42. The molecule has 1 amide bonds. The summed E-state index contributed by atoms with van der Waals surface area (Å²) in [4.78, 5) is 28.1. The van der Waals surface area contributed by atoms with E-state index in [0.29, 0.717) is 6.54 Å². The van der Waals surface area contributed by atoms with Gasteiger partial charge in [-0.3, -0.25) is 14.9 Å². The van der Waals surface area contributed by atoms with E-state index in [9.17, 15) is 14.9 Å². The van der Waals surface area contributed by atoms with Gasteiger partial charge in [-0.2, -0.15) is 0 Å². The maximum absolute atomic E-state index is 12.1. The van der Waals surface area contributed by atoms with Crippen molar-refractivity contribution in [1.29, 1.82) is 0 Å². The van der Waals surface area contributed by atoms with Crippen LogP contribution in [-0.2, 0) is 0 Å². The number of nitrogens with two attached hydrogens (primary N) is 1. The van der Waals surface area contributed by atoms with Gasteiger partial charge >= 0.3 is 0 Å². The molecule has 0 spiro atoms. The SMILES string of the molecule is CN1CCCCC1CNC(=O)c1cc([N+](=O)[O-])cnc1N. The molecular formula is C13H19N5O3. The van der Waals surface area contributed by atoms with Crippen molar-refractivity contribution in [3.8, 4) is 0 Å². The van der Waals surface area contributed by atoms with E-state index in [1.165, 1.54) is 6.42 Å². The van der Waals surface area contributed by atoms with Crippen LogP contribution in [0.4, 0.5) is 11.5 Å². The van der Waals surface area contributed by atoms with E-state index >= 15 is 0 Å². The topological polar surface area (TPSA) is 114 Å². The molecular weight excluding hydrogens is 274 g/mol. The Bertz CT molecular complexity index is 549. The van der Waals surface area contributed by atoms with E-state index in [2.05, 4.69) is 15.2 Å². The van der Waals surface area contributed by atoms with Crippen molar-refractivity contribution in [1.82, 2.24) is 15.2 Å². The van der Waals surface area contributed by atoms with Crippen LogP contribution >= 0.6 is 0 Å². The molecule has 0 radical (unpaired) electrons. The van der Waals surface area contributed by atoms with Crippen LogP contribution in [0.15, 0.2) is 12.3 Å². The van der Waals surface area contributed by atoms with Crippen LogP contribution in [0.2, 0.25) is 0 Å². The molecule has 1 saturated heterocycles. The lowest BCUT2D eigenvalue weighted by Crippen LogP contribution is -2.44. The number of piperidine rings is 1. The zero-order chi connectivity index (χ0) is 15.4. The lowest BCUT2D eigenvalue weighted by atomic mass is 10.0. The highest BCUT2D eigenvalue weighted by Gasteiger charge is 2.21.